The summed E-state index contributed by atoms with van der Waals surface area (Å²) in [5, 5.41) is 0. The molecule has 0 heterocycles. The molecular weight excluding hydrogens is 485 g/mol. The molecule has 0 bridgehead atoms. The van der Waals surface area contributed by atoms with Crippen LogP contribution in [0, 0.1) is 29.1 Å². The standard InChI is InChI=1S/C22H16F5NO5S/c1-32-14-6-3-12(4-7-14)10-28(13-5-8-17(33-2)16(23)9-13)34(30,31)22-15(11-29)18(24)19(25)20(26)21(22)27/h3-9,11H,10H2,1-2H3. The van der Waals surface area contributed by atoms with Crippen molar-refractivity contribution >= 4 is 22.0 Å². The maximum Gasteiger partial charge on any atom is 0.268 e. The van der Waals surface area contributed by atoms with Crippen LogP contribution in [0.5, 0.6) is 11.5 Å². The van der Waals surface area contributed by atoms with E-state index in [2.05, 4.69) is 0 Å². The van der Waals surface area contributed by atoms with Crippen LogP contribution in [0.3, 0.4) is 0 Å². The van der Waals surface area contributed by atoms with E-state index in [1.807, 2.05) is 0 Å². The van der Waals surface area contributed by atoms with E-state index in [1.54, 1.807) is 0 Å². The number of aldehydes is 1. The fourth-order valence-corrected chi connectivity index (χ4v) is 4.78. The molecule has 0 radical (unpaired) electrons. The van der Waals surface area contributed by atoms with E-state index in [-0.39, 0.29) is 11.3 Å². The molecule has 0 unspecified atom stereocenters. The summed E-state index contributed by atoms with van der Waals surface area (Å²) in [5.41, 5.74) is -1.67. The summed E-state index contributed by atoms with van der Waals surface area (Å²) in [6, 6.07) is 8.72. The van der Waals surface area contributed by atoms with Crippen LogP contribution in [0.15, 0.2) is 47.4 Å². The maximum atomic E-state index is 14.6. The molecule has 0 aliphatic carbocycles. The van der Waals surface area contributed by atoms with Gasteiger partial charge in [0.25, 0.3) is 10.0 Å². The van der Waals surface area contributed by atoms with Gasteiger partial charge in [0.05, 0.1) is 32.0 Å². The highest BCUT2D eigenvalue weighted by atomic mass is 32.2. The van der Waals surface area contributed by atoms with Crippen LogP contribution in [0.4, 0.5) is 27.6 Å². The number of nitrogens with zero attached hydrogens (tertiary/aromatic N) is 1. The maximum absolute atomic E-state index is 14.6. The Bertz CT molecular complexity index is 1350. The Hall–Kier alpha value is -3.67. The molecule has 0 atom stereocenters. The highest BCUT2D eigenvalue weighted by Crippen LogP contribution is 2.34. The first kappa shape index (κ1) is 25.0. The van der Waals surface area contributed by atoms with Crippen LogP contribution in [0.25, 0.3) is 0 Å². The molecule has 6 nitrogen and oxygen atoms in total. The lowest BCUT2D eigenvalue weighted by Crippen LogP contribution is -2.33. The number of anilines is 1. The first-order valence-corrected chi connectivity index (χ1v) is 10.8. The molecular formula is C22H16F5NO5S. The summed E-state index contributed by atoms with van der Waals surface area (Å²) < 4.78 is 108. The van der Waals surface area contributed by atoms with E-state index < -0.39 is 68.1 Å². The summed E-state index contributed by atoms with van der Waals surface area (Å²) >= 11 is 0. The Balaban J connectivity index is 2.27. The van der Waals surface area contributed by atoms with Gasteiger partial charge in [0.15, 0.2) is 41.1 Å². The van der Waals surface area contributed by atoms with E-state index in [1.165, 1.54) is 38.5 Å². The summed E-state index contributed by atoms with van der Waals surface area (Å²) in [7, 11) is -2.74. The average molecular weight is 501 g/mol. The zero-order valence-electron chi connectivity index (χ0n) is 17.6. The van der Waals surface area contributed by atoms with Gasteiger partial charge in [0.2, 0.25) is 0 Å². The normalized spacial score (nSPS) is 11.3. The van der Waals surface area contributed by atoms with Crippen LogP contribution >= 0.6 is 0 Å². The average Bonchev–Trinajstić information content (AvgIpc) is 2.83. The number of hydrogen-bond donors (Lipinski definition) is 0. The van der Waals surface area contributed by atoms with Crippen LogP contribution in [-0.2, 0) is 16.6 Å². The second-order valence-corrected chi connectivity index (χ2v) is 8.59. The second-order valence-electron chi connectivity index (χ2n) is 6.80. The highest BCUT2D eigenvalue weighted by Gasteiger charge is 2.37. The number of ether oxygens (including phenoxy) is 2. The second kappa shape index (κ2) is 9.67. The van der Waals surface area contributed by atoms with Crippen LogP contribution < -0.4 is 13.8 Å². The van der Waals surface area contributed by atoms with Gasteiger partial charge < -0.3 is 9.47 Å². The Morgan fingerprint density at radius 3 is 2.00 bits per heavy atom. The zero-order chi connectivity index (χ0) is 25.2. The molecule has 0 saturated carbocycles. The third-order valence-electron chi connectivity index (χ3n) is 4.83. The number of halogens is 5. The topological polar surface area (TPSA) is 72.9 Å². The molecule has 0 amide bonds. The minimum Gasteiger partial charge on any atom is -0.497 e. The molecule has 3 rings (SSSR count). The Labute approximate surface area is 191 Å². The summed E-state index contributed by atoms with van der Waals surface area (Å²) in [4.78, 5) is 9.63. The molecule has 0 aliphatic rings. The van der Waals surface area contributed by atoms with Crippen molar-refractivity contribution in [3.05, 3.63) is 82.7 Å². The van der Waals surface area contributed by atoms with Crippen molar-refractivity contribution in [2.24, 2.45) is 0 Å². The predicted molar refractivity (Wildman–Crippen MR) is 111 cm³/mol. The number of carbonyl (C=O) groups excluding carboxylic acids is 1. The number of benzene rings is 3. The van der Waals surface area contributed by atoms with Gasteiger partial charge in [-0.25, -0.2) is 30.4 Å². The Morgan fingerprint density at radius 2 is 1.47 bits per heavy atom. The van der Waals surface area contributed by atoms with Crippen molar-refractivity contribution in [1.82, 2.24) is 0 Å². The molecule has 0 aliphatic heterocycles. The van der Waals surface area contributed by atoms with E-state index in [0.29, 0.717) is 10.1 Å². The van der Waals surface area contributed by atoms with E-state index in [9.17, 15) is 35.2 Å². The Morgan fingerprint density at radius 1 is 0.853 bits per heavy atom. The monoisotopic (exact) mass is 501 g/mol. The Kier molecular flexibility index (Phi) is 7.10. The van der Waals surface area contributed by atoms with Gasteiger partial charge in [-0.2, -0.15) is 0 Å². The zero-order valence-corrected chi connectivity index (χ0v) is 18.4. The van der Waals surface area contributed by atoms with Gasteiger partial charge in [-0.15, -0.1) is 0 Å². The molecule has 34 heavy (non-hydrogen) atoms. The predicted octanol–water partition coefficient (Wildman–Crippen LogP) is 4.61. The van der Waals surface area contributed by atoms with Crippen LogP contribution in [0.1, 0.15) is 15.9 Å². The van der Waals surface area contributed by atoms with Gasteiger partial charge in [-0.3, -0.25) is 9.10 Å². The number of rotatable bonds is 8. The minimum atomic E-state index is -5.30. The quantitative estimate of drug-likeness (QED) is 0.195. The van der Waals surface area contributed by atoms with Crippen LogP contribution in [0.2, 0.25) is 0 Å². The summed E-state index contributed by atoms with van der Waals surface area (Å²) in [5.74, 6) is -10.1. The third-order valence-corrected chi connectivity index (χ3v) is 6.67. The van der Waals surface area contributed by atoms with Gasteiger partial charge in [0.1, 0.15) is 10.6 Å². The molecule has 3 aromatic carbocycles. The summed E-state index contributed by atoms with van der Waals surface area (Å²) in [6.07, 6.45) is -0.450. The van der Waals surface area contributed by atoms with Crippen molar-refractivity contribution in [3.8, 4) is 11.5 Å². The lowest BCUT2D eigenvalue weighted by molar-refractivity contribution is 0.111. The van der Waals surface area contributed by atoms with Crippen molar-refractivity contribution in [3.63, 3.8) is 0 Å². The molecule has 12 heteroatoms. The summed E-state index contributed by atoms with van der Waals surface area (Å²) in [6.45, 7) is -0.587. The fourth-order valence-electron chi connectivity index (χ4n) is 3.12. The molecule has 0 aromatic heterocycles. The molecule has 0 spiro atoms. The largest absolute Gasteiger partial charge is 0.497 e. The fraction of sp³-hybridized carbons (Fsp3) is 0.136. The lowest BCUT2D eigenvalue weighted by Gasteiger charge is -2.26. The van der Waals surface area contributed by atoms with E-state index in [0.717, 1.165) is 18.2 Å². The van der Waals surface area contributed by atoms with Crippen molar-refractivity contribution in [2.75, 3.05) is 18.5 Å². The van der Waals surface area contributed by atoms with Crippen molar-refractivity contribution < 1.29 is 44.6 Å². The minimum absolute atomic E-state index is 0.246. The number of sulfonamides is 1. The molecule has 0 fully saturated rings. The SMILES string of the molecule is COc1ccc(CN(c2ccc(OC)c(F)c2)S(=O)(=O)c2c(F)c(F)c(F)c(F)c2C=O)cc1. The van der Waals surface area contributed by atoms with Crippen LogP contribution in [-0.4, -0.2) is 28.9 Å². The molecule has 180 valence electrons. The highest BCUT2D eigenvalue weighted by molar-refractivity contribution is 7.92. The number of hydrogen-bond acceptors (Lipinski definition) is 5. The van der Waals surface area contributed by atoms with E-state index in [4.69, 9.17) is 9.47 Å². The third kappa shape index (κ3) is 4.40. The first-order chi connectivity index (χ1) is 16.1. The van der Waals surface area contributed by atoms with E-state index >= 15 is 0 Å². The smallest absolute Gasteiger partial charge is 0.268 e. The molecule has 3 aromatic rings. The van der Waals surface area contributed by atoms with Gasteiger partial charge in [-0.1, -0.05) is 12.1 Å². The number of carbonyl (C=O) groups is 1. The van der Waals surface area contributed by atoms with Gasteiger partial charge in [-0.05, 0) is 29.8 Å². The number of methoxy groups -OCH3 is 2. The van der Waals surface area contributed by atoms with Gasteiger partial charge >= 0.3 is 0 Å². The first-order valence-electron chi connectivity index (χ1n) is 9.37. The van der Waals surface area contributed by atoms with Crippen molar-refractivity contribution in [1.29, 1.82) is 0 Å². The van der Waals surface area contributed by atoms with Crippen molar-refractivity contribution in [2.45, 2.75) is 11.4 Å². The molecule has 0 N–H and O–H groups in total. The lowest BCUT2D eigenvalue weighted by atomic mass is 10.2. The molecule has 0 saturated heterocycles. The van der Waals surface area contributed by atoms with Gasteiger partial charge in [0, 0.05) is 6.07 Å².